The van der Waals surface area contributed by atoms with Crippen LogP contribution in [0.4, 0.5) is 11.5 Å². The summed E-state index contributed by atoms with van der Waals surface area (Å²) in [6.45, 7) is 8.02. The van der Waals surface area contributed by atoms with Crippen LogP contribution in [-0.2, 0) is 0 Å². The molecule has 112 valence electrons. The molecule has 0 aliphatic carbocycles. The standard InChI is InChI=1S/C15H26N4O/c1-15(2,3)20-14-12(16)6-7-13(17-14)19-9-8-11(10-19)18(4)5/h6-7,11H,8-10,16H2,1-5H3. The summed E-state index contributed by atoms with van der Waals surface area (Å²) in [6, 6.07) is 4.44. The zero-order chi connectivity index (χ0) is 14.9. The average molecular weight is 278 g/mol. The SMILES string of the molecule is CN(C)C1CCN(c2ccc(N)c(OC(C)(C)C)n2)C1. The maximum Gasteiger partial charge on any atom is 0.239 e. The highest BCUT2D eigenvalue weighted by Gasteiger charge is 2.25. The number of nitrogens with zero attached hydrogens (tertiary/aromatic N) is 3. The number of nitrogen functional groups attached to an aromatic ring is 1. The Morgan fingerprint density at radius 1 is 1.35 bits per heavy atom. The lowest BCUT2D eigenvalue weighted by Gasteiger charge is -2.24. The summed E-state index contributed by atoms with van der Waals surface area (Å²) in [7, 11) is 4.25. The monoisotopic (exact) mass is 278 g/mol. The third kappa shape index (κ3) is 3.54. The molecule has 1 aromatic heterocycles. The fraction of sp³-hybridized carbons (Fsp3) is 0.667. The Morgan fingerprint density at radius 2 is 2.05 bits per heavy atom. The molecular weight excluding hydrogens is 252 g/mol. The van der Waals surface area contributed by atoms with Gasteiger partial charge in [-0.3, -0.25) is 0 Å². The van der Waals surface area contributed by atoms with Gasteiger partial charge in [-0.25, -0.2) is 0 Å². The van der Waals surface area contributed by atoms with Crippen molar-refractivity contribution >= 4 is 11.5 Å². The Hall–Kier alpha value is -1.49. The molecule has 0 amide bonds. The zero-order valence-electron chi connectivity index (χ0n) is 13.2. The molecule has 0 radical (unpaired) electrons. The quantitative estimate of drug-likeness (QED) is 0.916. The molecule has 0 spiro atoms. The minimum Gasteiger partial charge on any atom is -0.470 e. The summed E-state index contributed by atoms with van der Waals surface area (Å²) in [5, 5.41) is 0. The van der Waals surface area contributed by atoms with Gasteiger partial charge in [-0.2, -0.15) is 4.98 Å². The van der Waals surface area contributed by atoms with Crippen molar-refractivity contribution in [1.29, 1.82) is 0 Å². The van der Waals surface area contributed by atoms with E-state index in [1.807, 2.05) is 32.9 Å². The first-order valence-electron chi connectivity index (χ1n) is 7.13. The molecule has 1 atom stereocenters. The summed E-state index contributed by atoms with van der Waals surface area (Å²) in [5.41, 5.74) is 6.25. The highest BCUT2D eigenvalue weighted by molar-refractivity contribution is 5.55. The molecule has 1 fully saturated rings. The molecule has 5 nitrogen and oxygen atoms in total. The van der Waals surface area contributed by atoms with Crippen molar-refractivity contribution in [3.63, 3.8) is 0 Å². The summed E-state index contributed by atoms with van der Waals surface area (Å²) in [4.78, 5) is 9.15. The number of aromatic nitrogens is 1. The van der Waals surface area contributed by atoms with Gasteiger partial charge in [0.05, 0.1) is 5.69 Å². The molecule has 2 heterocycles. The van der Waals surface area contributed by atoms with E-state index >= 15 is 0 Å². The first-order chi connectivity index (χ1) is 9.26. The minimum atomic E-state index is -0.295. The van der Waals surface area contributed by atoms with Gasteiger partial charge in [-0.1, -0.05) is 0 Å². The maximum atomic E-state index is 5.96. The van der Waals surface area contributed by atoms with Crippen LogP contribution in [0.2, 0.25) is 0 Å². The van der Waals surface area contributed by atoms with Gasteiger partial charge < -0.3 is 20.3 Å². The summed E-state index contributed by atoms with van der Waals surface area (Å²) < 4.78 is 5.83. The van der Waals surface area contributed by atoms with E-state index in [-0.39, 0.29) is 5.60 Å². The average Bonchev–Trinajstić information content (AvgIpc) is 2.79. The van der Waals surface area contributed by atoms with Crippen molar-refractivity contribution in [2.45, 2.75) is 38.8 Å². The molecular formula is C15H26N4O. The number of hydrogen-bond donors (Lipinski definition) is 1. The van der Waals surface area contributed by atoms with E-state index in [1.54, 1.807) is 0 Å². The van der Waals surface area contributed by atoms with Crippen molar-refractivity contribution in [2.24, 2.45) is 0 Å². The molecule has 2 rings (SSSR count). The topological polar surface area (TPSA) is 54.6 Å². The van der Waals surface area contributed by atoms with E-state index in [0.29, 0.717) is 17.6 Å². The third-order valence-electron chi connectivity index (χ3n) is 3.50. The van der Waals surface area contributed by atoms with E-state index in [2.05, 4.69) is 28.9 Å². The summed E-state index contributed by atoms with van der Waals surface area (Å²) in [6.07, 6.45) is 1.16. The van der Waals surface area contributed by atoms with Crippen LogP contribution in [0.3, 0.4) is 0 Å². The van der Waals surface area contributed by atoms with Gasteiger partial charge in [0.25, 0.3) is 0 Å². The normalized spacial score (nSPS) is 19.7. The number of rotatable bonds is 3. The lowest BCUT2D eigenvalue weighted by atomic mass is 10.2. The maximum absolute atomic E-state index is 5.96. The van der Waals surface area contributed by atoms with Crippen LogP contribution in [0.15, 0.2) is 12.1 Å². The largest absolute Gasteiger partial charge is 0.470 e. The molecule has 2 N–H and O–H groups in total. The third-order valence-corrected chi connectivity index (χ3v) is 3.50. The predicted octanol–water partition coefficient (Wildman–Crippen LogP) is 1.98. The second-order valence-corrected chi connectivity index (χ2v) is 6.63. The van der Waals surface area contributed by atoms with Crippen molar-refractivity contribution in [3.8, 4) is 5.88 Å². The van der Waals surface area contributed by atoms with Gasteiger partial charge in [0.2, 0.25) is 5.88 Å². The molecule has 0 bridgehead atoms. The smallest absolute Gasteiger partial charge is 0.239 e. The van der Waals surface area contributed by atoms with Crippen molar-refractivity contribution in [1.82, 2.24) is 9.88 Å². The van der Waals surface area contributed by atoms with Crippen LogP contribution in [0.25, 0.3) is 0 Å². The van der Waals surface area contributed by atoms with Crippen LogP contribution < -0.4 is 15.4 Å². The highest BCUT2D eigenvalue weighted by atomic mass is 16.5. The number of likely N-dealkylation sites (N-methyl/N-ethyl adjacent to an activating group) is 1. The molecule has 1 aromatic rings. The molecule has 0 aromatic carbocycles. The Kier molecular flexibility index (Phi) is 4.09. The molecule has 0 saturated carbocycles. The Morgan fingerprint density at radius 3 is 2.60 bits per heavy atom. The minimum absolute atomic E-state index is 0.295. The second-order valence-electron chi connectivity index (χ2n) is 6.63. The highest BCUT2D eigenvalue weighted by Crippen LogP contribution is 2.28. The second kappa shape index (κ2) is 5.48. The van der Waals surface area contributed by atoms with Gasteiger partial charge in [0, 0.05) is 19.1 Å². The predicted molar refractivity (Wildman–Crippen MR) is 83.3 cm³/mol. The fourth-order valence-corrected chi connectivity index (χ4v) is 2.36. The first kappa shape index (κ1) is 14.9. The van der Waals surface area contributed by atoms with E-state index in [9.17, 15) is 0 Å². The van der Waals surface area contributed by atoms with Gasteiger partial charge >= 0.3 is 0 Å². The number of nitrogens with two attached hydrogens (primary N) is 1. The van der Waals surface area contributed by atoms with Gasteiger partial charge in [-0.05, 0) is 53.4 Å². The number of anilines is 2. The molecule has 1 aliphatic rings. The van der Waals surface area contributed by atoms with E-state index in [4.69, 9.17) is 10.5 Å². The number of ether oxygens (including phenoxy) is 1. The molecule has 20 heavy (non-hydrogen) atoms. The molecule has 1 saturated heterocycles. The molecule has 5 heteroatoms. The van der Waals surface area contributed by atoms with Crippen LogP contribution in [0, 0.1) is 0 Å². The Balaban J connectivity index is 2.16. The Bertz CT molecular complexity index is 467. The Labute approximate surface area is 121 Å². The van der Waals surface area contributed by atoms with Crippen molar-refractivity contribution in [2.75, 3.05) is 37.8 Å². The van der Waals surface area contributed by atoms with Gasteiger partial charge in [0.1, 0.15) is 11.4 Å². The summed E-state index contributed by atoms with van der Waals surface area (Å²) in [5.74, 6) is 1.48. The van der Waals surface area contributed by atoms with Crippen molar-refractivity contribution < 1.29 is 4.74 Å². The zero-order valence-corrected chi connectivity index (χ0v) is 13.2. The van der Waals surface area contributed by atoms with E-state index in [1.165, 1.54) is 0 Å². The lowest BCUT2D eigenvalue weighted by Crippen LogP contribution is -2.32. The van der Waals surface area contributed by atoms with Crippen molar-refractivity contribution in [3.05, 3.63) is 12.1 Å². The fourth-order valence-electron chi connectivity index (χ4n) is 2.36. The number of hydrogen-bond acceptors (Lipinski definition) is 5. The van der Waals surface area contributed by atoms with E-state index in [0.717, 1.165) is 25.3 Å². The summed E-state index contributed by atoms with van der Waals surface area (Å²) >= 11 is 0. The lowest BCUT2D eigenvalue weighted by molar-refractivity contribution is 0.125. The van der Waals surface area contributed by atoms with Crippen LogP contribution in [-0.4, -0.2) is 48.7 Å². The van der Waals surface area contributed by atoms with E-state index < -0.39 is 0 Å². The first-order valence-corrected chi connectivity index (χ1v) is 7.13. The van der Waals surface area contributed by atoms with Crippen LogP contribution in [0.5, 0.6) is 5.88 Å². The van der Waals surface area contributed by atoms with Gasteiger partial charge in [0.15, 0.2) is 0 Å². The van der Waals surface area contributed by atoms with Gasteiger partial charge in [-0.15, -0.1) is 0 Å². The number of pyridine rings is 1. The van der Waals surface area contributed by atoms with Crippen LogP contribution in [0.1, 0.15) is 27.2 Å². The van der Waals surface area contributed by atoms with Crippen LogP contribution >= 0.6 is 0 Å². The molecule has 1 aliphatic heterocycles. The molecule has 1 unspecified atom stereocenters.